The Hall–Kier alpha value is -3.68. The topological polar surface area (TPSA) is 105 Å². The number of nitrogens with zero attached hydrogens (tertiary/aromatic N) is 1. The number of carbonyl (C=O) groups is 2. The van der Waals surface area contributed by atoms with E-state index in [0.29, 0.717) is 47.3 Å². The summed E-state index contributed by atoms with van der Waals surface area (Å²) in [6.45, 7) is 7.53. The van der Waals surface area contributed by atoms with Crippen molar-refractivity contribution < 1.29 is 28.2 Å². The van der Waals surface area contributed by atoms with Crippen LogP contribution in [0, 0.1) is 10.8 Å². The molecule has 2 bridgehead atoms. The lowest BCUT2D eigenvalue weighted by Crippen LogP contribution is -2.48. The quantitative estimate of drug-likeness (QED) is 0.445. The van der Waals surface area contributed by atoms with Crippen LogP contribution in [0.3, 0.4) is 0 Å². The van der Waals surface area contributed by atoms with Crippen molar-refractivity contribution >= 4 is 22.9 Å². The van der Waals surface area contributed by atoms with Gasteiger partial charge in [-0.05, 0) is 49.6 Å². The molecule has 2 aromatic heterocycles. The molecule has 0 unspecified atom stereocenters. The minimum Gasteiger partial charge on any atom is -0.488 e. The molecule has 0 N–H and O–H groups in total. The number of hydrogen-bond donors (Lipinski definition) is 0. The lowest BCUT2D eigenvalue weighted by atomic mass is 9.66. The van der Waals surface area contributed by atoms with Crippen molar-refractivity contribution in [3.63, 3.8) is 0 Å². The van der Waals surface area contributed by atoms with Gasteiger partial charge >= 0.3 is 11.9 Å². The second-order valence-corrected chi connectivity index (χ2v) is 10.2. The van der Waals surface area contributed by atoms with Crippen LogP contribution in [0.15, 0.2) is 51.9 Å². The number of ether oxygens (including phenoxy) is 3. The van der Waals surface area contributed by atoms with Gasteiger partial charge in [0.05, 0.1) is 16.4 Å². The molecule has 36 heavy (non-hydrogen) atoms. The van der Waals surface area contributed by atoms with Gasteiger partial charge in [-0.15, -0.1) is 0 Å². The number of aromatic nitrogens is 1. The maximum absolute atomic E-state index is 13.5. The number of aryl methyl sites for hydroxylation is 1. The zero-order valence-electron chi connectivity index (χ0n) is 20.9. The van der Waals surface area contributed by atoms with Crippen LogP contribution in [0.1, 0.15) is 57.4 Å². The van der Waals surface area contributed by atoms with E-state index >= 15 is 0 Å². The number of hydrogen-bond acceptors (Lipinski definition) is 8. The summed E-state index contributed by atoms with van der Waals surface area (Å²) >= 11 is 0. The van der Waals surface area contributed by atoms with E-state index in [1.165, 1.54) is 6.07 Å². The molecule has 1 saturated carbocycles. The van der Waals surface area contributed by atoms with Crippen molar-refractivity contribution in [2.75, 3.05) is 0 Å². The molecular formula is C28H29NO7. The Morgan fingerprint density at radius 1 is 1.06 bits per heavy atom. The number of benzene rings is 1. The summed E-state index contributed by atoms with van der Waals surface area (Å²) in [6, 6.07) is 8.47. The molecule has 3 heterocycles. The first-order valence-electron chi connectivity index (χ1n) is 12.1. The fourth-order valence-corrected chi connectivity index (χ4v) is 5.35. The zero-order chi connectivity index (χ0) is 25.7. The molecule has 8 heteroatoms. The molecular weight excluding hydrogens is 462 g/mol. The Labute approximate surface area is 208 Å². The number of rotatable bonds is 7. The van der Waals surface area contributed by atoms with Gasteiger partial charge in [0.15, 0.2) is 5.43 Å². The fourth-order valence-electron chi connectivity index (χ4n) is 5.35. The predicted molar refractivity (Wildman–Crippen MR) is 130 cm³/mol. The van der Waals surface area contributed by atoms with Gasteiger partial charge in [0.2, 0.25) is 5.60 Å². The van der Waals surface area contributed by atoms with E-state index in [0.717, 1.165) is 5.56 Å². The van der Waals surface area contributed by atoms with Crippen LogP contribution < -0.4 is 10.2 Å². The van der Waals surface area contributed by atoms with E-state index in [9.17, 15) is 14.4 Å². The third kappa shape index (κ3) is 3.42. The number of esters is 2. The monoisotopic (exact) mass is 491 g/mol. The normalized spacial score (nSPS) is 24.1. The van der Waals surface area contributed by atoms with Gasteiger partial charge in [-0.2, -0.15) is 0 Å². The highest BCUT2D eigenvalue weighted by atomic mass is 16.6. The number of carbonyl (C=O) groups excluding carboxylic acids is 2. The van der Waals surface area contributed by atoms with Crippen molar-refractivity contribution in [2.45, 2.75) is 65.8 Å². The van der Waals surface area contributed by atoms with Gasteiger partial charge in [-0.1, -0.05) is 20.8 Å². The second kappa shape index (κ2) is 8.47. The summed E-state index contributed by atoms with van der Waals surface area (Å²) in [4.78, 5) is 42.8. The molecule has 8 nitrogen and oxygen atoms in total. The van der Waals surface area contributed by atoms with Crippen LogP contribution >= 0.6 is 0 Å². The first-order chi connectivity index (χ1) is 17.1. The third-order valence-electron chi connectivity index (χ3n) is 8.26. The zero-order valence-corrected chi connectivity index (χ0v) is 20.9. The molecule has 0 radical (unpaired) electrons. The fraction of sp³-hybridized carbons (Fsp3) is 0.429. The summed E-state index contributed by atoms with van der Waals surface area (Å²) in [7, 11) is 0. The molecule has 2 aliphatic rings. The SMILES string of the molecule is CCc1cc(=O)c2ccc(OCc3ccncc3)c(COC(=O)[C@]34CC[C@](C)(C(=O)O3)C4(C)C)c2o1. The highest BCUT2D eigenvalue weighted by Crippen LogP contribution is 2.65. The molecule has 3 aromatic rings. The molecule has 2 atom stereocenters. The highest BCUT2D eigenvalue weighted by molar-refractivity contribution is 5.93. The van der Waals surface area contributed by atoms with Crippen LogP contribution in [0.2, 0.25) is 0 Å². The molecule has 0 amide bonds. The maximum Gasteiger partial charge on any atom is 0.351 e. The molecule has 1 aliphatic carbocycles. The van der Waals surface area contributed by atoms with E-state index < -0.39 is 22.4 Å². The smallest absolute Gasteiger partial charge is 0.351 e. The van der Waals surface area contributed by atoms with E-state index in [2.05, 4.69) is 4.98 Å². The maximum atomic E-state index is 13.5. The van der Waals surface area contributed by atoms with E-state index in [4.69, 9.17) is 18.6 Å². The lowest BCUT2D eigenvalue weighted by Gasteiger charge is -2.34. The Bertz CT molecular complexity index is 1410. The first-order valence-corrected chi connectivity index (χ1v) is 12.1. The summed E-state index contributed by atoms with van der Waals surface area (Å²) in [5.74, 6) is -0.0312. The van der Waals surface area contributed by atoms with Gasteiger partial charge in [-0.25, -0.2) is 4.79 Å². The molecule has 5 rings (SSSR count). The molecule has 188 valence electrons. The van der Waals surface area contributed by atoms with Crippen molar-refractivity contribution in [3.8, 4) is 5.75 Å². The Kier molecular flexibility index (Phi) is 5.65. The van der Waals surface area contributed by atoms with Crippen molar-refractivity contribution in [2.24, 2.45) is 10.8 Å². The van der Waals surface area contributed by atoms with Crippen molar-refractivity contribution in [1.82, 2.24) is 4.98 Å². The minimum absolute atomic E-state index is 0.183. The van der Waals surface area contributed by atoms with Crippen molar-refractivity contribution in [1.29, 1.82) is 0 Å². The van der Waals surface area contributed by atoms with Gasteiger partial charge < -0.3 is 18.6 Å². The van der Waals surface area contributed by atoms with E-state index in [-0.39, 0.29) is 24.6 Å². The molecule has 1 aromatic carbocycles. The highest BCUT2D eigenvalue weighted by Gasteiger charge is 2.76. The Morgan fingerprint density at radius 3 is 2.44 bits per heavy atom. The number of fused-ring (bicyclic) bond motifs is 3. The average molecular weight is 492 g/mol. The Balaban J connectivity index is 1.50. The summed E-state index contributed by atoms with van der Waals surface area (Å²) < 4.78 is 23.6. The van der Waals surface area contributed by atoms with Crippen LogP contribution in [-0.2, 0) is 38.7 Å². The van der Waals surface area contributed by atoms with Gasteiger partial charge in [-0.3, -0.25) is 14.6 Å². The molecule has 1 aliphatic heterocycles. The predicted octanol–water partition coefficient (Wildman–Crippen LogP) is 4.49. The standard InChI is InChI=1S/C28H29NO7/c1-5-18-14-21(30)19-6-7-22(33-15-17-8-12-29-13-9-17)20(23(19)35-18)16-34-25(32)28-11-10-27(4,24(31)36-28)26(28,2)3/h6-9,12-14H,5,10-11,15-16H2,1-4H3/t27-,28+/m1/s1. The van der Waals surface area contributed by atoms with Gasteiger partial charge in [0, 0.05) is 30.3 Å². The molecule has 2 fully saturated rings. The van der Waals surface area contributed by atoms with Gasteiger partial charge in [0.1, 0.15) is 30.3 Å². The third-order valence-corrected chi connectivity index (χ3v) is 8.26. The molecule has 0 spiro atoms. The van der Waals surface area contributed by atoms with Crippen LogP contribution in [-0.4, -0.2) is 22.5 Å². The Morgan fingerprint density at radius 2 is 1.81 bits per heavy atom. The van der Waals surface area contributed by atoms with Crippen LogP contribution in [0.25, 0.3) is 11.0 Å². The van der Waals surface area contributed by atoms with Gasteiger partial charge in [0.25, 0.3) is 0 Å². The molecule has 1 saturated heterocycles. The largest absolute Gasteiger partial charge is 0.488 e. The van der Waals surface area contributed by atoms with E-state index in [1.54, 1.807) is 24.5 Å². The first kappa shape index (κ1) is 24.0. The summed E-state index contributed by atoms with van der Waals surface area (Å²) in [5.41, 5.74) is -1.34. The number of pyridine rings is 1. The lowest BCUT2D eigenvalue weighted by molar-refractivity contribution is -0.184. The minimum atomic E-state index is -1.35. The summed E-state index contributed by atoms with van der Waals surface area (Å²) in [6.07, 6.45) is 4.83. The summed E-state index contributed by atoms with van der Waals surface area (Å²) in [5, 5.41) is 0.369. The second-order valence-electron chi connectivity index (χ2n) is 10.2. The van der Waals surface area contributed by atoms with E-state index in [1.807, 2.05) is 39.8 Å². The average Bonchev–Trinajstić information content (AvgIpc) is 3.17. The van der Waals surface area contributed by atoms with Crippen molar-refractivity contribution in [3.05, 3.63) is 69.8 Å². The van der Waals surface area contributed by atoms with Crippen LogP contribution in [0.4, 0.5) is 0 Å². The van der Waals surface area contributed by atoms with Crippen LogP contribution in [0.5, 0.6) is 5.75 Å².